The zero-order valence-electron chi connectivity index (χ0n) is 15.5. The standard InChI is InChI=1S/C12H22N6OP.F6P/c1-16(2)20(17(3)4,18(5)6)19-11-9-7-8-10-12(11)14-15-13-10;1-7(2,3,4,5)6/h7-9H,1-6H3,(H,13,14,15);/q+1;-1. The number of aromatic amines is 1. The van der Waals surface area contributed by atoms with E-state index in [1.165, 1.54) is 0 Å². The fourth-order valence-corrected chi connectivity index (χ4v) is 5.41. The number of hydrogen-bond acceptors (Lipinski definition) is 6. The van der Waals surface area contributed by atoms with Crippen molar-refractivity contribution < 1.29 is 29.7 Å². The number of hydrogen-bond donors (Lipinski definition) is 1. The van der Waals surface area contributed by atoms with Crippen LogP contribution in [0.5, 0.6) is 5.75 Å². The molecule has 0 spiro atoms. The van der Waals surface area contributed by atoms with E-state index in [1.807, 2.05) is 60.5 Å². The fourth-order valence-electron chi connectivity index (χ4n) is 2.37. The number of H-pyrrole nitrogens is 1. The summed E-state index contributed by atoms with van der Waals surface area (Å²) < 4.78 is 72.0. The van der Waals surface area contributed by atoms with Gasteiger partial charge in [-0.1, -0.05) is 6.07 Å². The molecule has 2 aromatic rings. The van der Waals surface area contributed by atoms with Gasteiger partial charge in [0, 0.05) is 42.3 Å². The second-order valence-electron chi connectivity index (χ2n) is 6.05. The number of para-hydroxylation sites is 1. The minimum atomic E-state index is -10.7. The van der Waals surface area contributed by atoms with Crippen LogP contribution in [0.25, 0.3) is 11.0 Å². The molecule has 0 saturated carbocycles. The molecule has 1 aromatic heterocycles. The van der Waals surface area contributed by atoms with Crippen molar-refractivity contribution in [2.75, 3.05) is 42.3 Å². The summed E-state index contributed by atoms with van der Waals surface area (Å²) in [5.41, 5.74) is 1.55. The Morgan fingerprint density at radius 1 is 0.852 bits per heavy atom. The van der Waals surface area contributed by atoms with Crippen LogP contribution >= 0.6 is 15.8 Å². The molecule has 7 nitrogen and oxygen atoms in total. The van der Waals surface area contributed by atoms with Gasteiger partial charge in [0.2, 0.25) is 5.75 Å². The Hall–Kier alpha value is -1.26. The van der Waals surface area contributed by atoms with E-state index in [1.54, 1.807) is 0 Å². The number of rotatable bonds is 5. The molecule has 0 unspecified atom stereocenters. The summed E-state index contributed by atoms with van der Waals surface area (Å²) in [4.78, 5) is 0. The van der Waals surface area contributed by atoms with E-state index < -0.39 is 15.8 Å². The van der Waals surface area contributed by atoms with Gasteiger partial charge in [-0.05, 0) is 12.1 Å². The van der Waals surface area contributed by atoms with Crippen LogP contribution in [0.1, 0.15) is 0 Å². The van der Waals surface area contributed by atoms with Gasteiger partial charge >= 0.3 is 40.9 Å². The van der Waals surface area contributed by atoms with E-state index in [0.717, 1.165) is 16.8 Å². The van der Waals surface area contributed by atoms with Crippen molar-refractivity contribution >= 4 is 26.8 Å². The molecular formula is C12H22F6N6OP2. The SMILES string of the molecule is CN(C)[P+](Oc1cccc2n[nH]nc12)(N(C)C)N(C)C.F[P-](F)(F)(F)(F)F. The molecule has 0 bridgehead atoms. The Morgan fingerprint density at radius 3 is 1.70 bits per heavy atom. The molecule has 0 aliphatic carbocycles. The van der Waals surface area contributed by atoms with Crippen LogP contribution in [-0.2, 0) is 0 Å². The summed E-state index contributed by atoms with van der Waals surface area (Å²) in [6, 6.07) is 5.76. The van der Waals surface area contributed by atoms with Gasteiger partial charge in [-0.3, -0.25) is 4.52 Å². The molecule has 0 aliphatic rings. The van der Waals surface area contributed by atoms with E-state index in [0.29, 0.717) is 0 Å². The van der Waals surface area contributed by atoms with Gasteiger partial charge < -0.3 is 0 Å². The van der Waals surface area contributed by atoms with E-state index in [2.05, 4.69) is 29.4 Å². The van der Waals surface area contributed by atoms with Gasteiger partial charge in [-0.25, -0.2) is 0 Å². The summed E-state index contributed by atoms with van der Waals surface area (Å²) >= 11 is 0. The molecule has 1 N–H and O–H groups in total. The van der Waals surface area contributed by atoms with Crippen molar-refractivity contribution in [1.29, 1.82) is 0 Å². The predicted molar refractivity (Wildman–Crippen MR) is 96.1 cm³/mol. The second-order valence-corrected chi connectivity index (χ2v) is 11.6. The van der Waals surface area contributed by atoms with Gasteiger partial charge in [0.25, 0.3) is 0 Å². The van der Waals surface area contributed by atoms with Gasteiger partial charge in [-0.2, -0.15) is 15.4 Å². The van der Waals surface area contributed by atoms with Crippen molar-refractivity contribution in [1.82, 2.24) is 29.4 Å². The van der Waals surface area contributed by atoms with Crippen LogP contribution in [0.3, 0.4) is 0 Å². The number of halogens is 6. The quantitative estimate of drug-likeness (QED) is 0.515. The molecule has 1 heterocycles. The summed E-state index contributed by atoms with van der Waals surface area (Å²) in [6.07, 6.45) is 0. The Balaban J connectivity index is 0.000000445. The first kappa shape index (κ1) is 23.8. The summed E-state index contributed by atoms with van der Waals surface area (Å²) in [6.45, 7) is 0. The Morgan fingerprint density at radius 2 is 1.30 bits per heavy atom. The van der Waals surface area contributed by atoms with Crippen LogP contribution in [-0.4, -0.2) is 71.7 Å². The predicted octanol–water partition coefficient (Wildman–Crippen LogP) is 5.08. The van der Waals surface area contributed by atoms with E-state index in [4.69, 9.17) is 4.52 Å². The number of benzene rings is 1. The first-order chi connectivity index (χ1) is 11.8. The maximum absolute atomic E-state index is 10.7. The minimum absolute atomic E-state index is 0.737. The van der Waals surface area contributed by atoms with Crippen molar-refractivity contribution in [3.05, 3.63) is 18.2 Å². The first-order valence-corrected chi connectivity index (χ1v) is 10.9. The van der Waals surface area contributed by atoms with Gasteiger partial charge in [-0.15, -0.1) is 14.0 Å². The van der Waals surface area contributed by atoms with E-state index in [-0.39, 0.29) is 0 Å². The average Bonchev–Trinajstić information content (AvgIpc) is 2.88. The number of fused-ring (bicyclic) bond motifs is 1. The molecule has 1 aromatic carbocycles. The van der Waals surface area contributed by atoms with Gasteiger partial charge in [0.1, 0.15) is 5.52 Å². The molecule has 0 fully saturated rings. The molecule has 0 radical (unpaired) electrons. The second kappa shape index (κ2) is 6.97. The zero-order valence-corrected chi connectivity index (χ0v) is 17.3. The van der Waals surface area contributed by atoms with Crippen LogP contribution in [0, 0.1) is 0 Å². The molecule has 2 rings (SSSR count). The summed E-state index contributed by atoms with van der Waals surface area (Å²) in [5, 5.41) is 10.9. The van der Waals surface area contributed by atoms with Crippen LogP contribution in [0.15, 0.2) is 18.2 Å². The Kier molecular flexibility index (Phi) is 6.13. The first-order valence-electron chi connectivity index (χ1n) is 7.32. The maximum atomic E-state index is 9.87. The van der Waals surface area contributed by atoms with E-state index in [9.17, 15) is 25.2 Å². The van der Waals surface area contributed by atoms with Crippen molar-refractivity contribution in [2.24, 2.45) is 0 Å². The molecule has 27 heavy (non-hydrogen) atoms. The molecule has 0 atom stereocenters. The number of nitrogens with one attached hydrogen (secondary N) is 1. The normalized spacial score (nSPS) is 15.5. The average molecular weight is 442 g/mol. The van der Waals surface area contributed by atoms with Crippen LogP contribution in [0.2, 0.25) is 0 Å². The van der Waals surface area contributed by atoms with Crippen molar-refractivity contribution in [2.45, 2.75) is 0 Å². The molecular weight excluding hydrogens is 420 g/mol. The molecule has 0 saturated heterocycles. The van der Waals surface area contributed by atoms with E-state index >= 15 is 0 Å². The Labute approximate surface area is 153 Å². The topological polar surface area (TPSA) is 60.5 Å². The molecule has 15 heteroatoms. The number of nitrogens with zero attached hydrogens (tertiary/aromatic N) is 5. The van der Waals surface area contributed by atoms with Gasteiger partial charge in [0.05, 0.1) is 0 Å². The third-order valence-corrected chi connectivity index (χ3v) is 6.66. The van der Waals surface area contributed by atoms with Crippen LogP contribution in [0.4, 0.5) is 25.2 Å². The Bertz CT molecular complexity index is 746. The monoisotopic (exact) mass is 442 g/mol. The summed E-state index contributed by atoms with van der Waals surface area (Å²) in [5.74, 6) is 0.737. The fraction of sp³-hybridized carbons (Fsp3) is 0.500. The van der Waals surface area contributed by atoms with Crippen LogP contribution < -0.4 is 4.52 Å². The molecule has 158 valence electrons. The number of aromatic nitrogens is 3. The third-order valence-electron chi connectivity index (χ3n) is 3.09. The van der Waals surface area contributed by atoms with Crippen molar-refractivity contribution in [3.8, 4) is 5.75 Å². The molecule has 0 amide bonds. The van der Waals surface area contributed by atoms with Gasteiger partial charge in [0.15, 0.2) is 5.52 Å². The zero-order chi connectivity index (χ0) is 21.3. The van der Waals surface area contributed by atoms with Crippen molar-refractivity contribution in [3.63, 3.8) is 0 Å². The third kappa shape index (κ3) is 7.34. The summed E-state index contributed by atoms with van der Waals surface area (Å²) in [7, 11) is -0.606. The molecule has 0 aliphatic heterocycles.